The molecule has 0 bridgehead atoms. The number of nitrogens with one attached hydrogen (secondary N) is 1. The summed E-state index contributed by atoms with van der Waals surface area (Å²) in [5.74, 6) is 0.151. The zero-order valence-electron chi connectivity index (χ0n) is 21.5. The van der Waals surface area contributed by atoms with Crippen LogP contribution in [0, 0.1) is 0 Å². The molecule has 1 saturated heterocycles. The van der Waals surface area contributed by atoms with Crippen LogP contribution in [0.15, 0.2) is 60.8 Å². The van der Waals surface area contributed by atoms with Crippen molar-refractivity contribution in [1.29, 1.82) is 0 Å². The van der Waals surface area contributed by atoms with Gasteiger partial charge in [-0.2, -0.15) is 0 Å². The molecule has 0 saturated carbocycles. The van der Waals surface area contributed by atoms with E-state index in [0.717, 1.165) is 24.2 Å². The van der Waals surface area contributed by atoms with E-state index in [1.54, 1.807) is 41.0 Å². The zero-order chi connectivity index (χ0) is 26.2. The summed E-state index contributed by atoms with van der Waals surface area (Å²) in [6.45, 7) is 2.64. The van der Waals surface area contributed by atoms with Gasteiger partial charge in [0.1, 0.15) is 11.8 Å². The Morgan fingerprint density at radius 2 is 1.92 bits per heavy atom. The number of aromatic nitrogens is 3. The van der Waals surface area contributed by atoms with Gasteiger partial charge < -0.3 is 24.6 Å². The summed E-state index contributed by atoms with van der Waals surface area (Å²) < 4.78 is 12.9. The minimum atomic E-state index is -0.821. The number of methoxy groups -OCH3 is 1. The lowest BCUT2D eigenvalue weighted by molar-refractivity contribution is -0.141. The van der Waals surface area contributed by atoms with E-state index in [0.29, 0.717) is 37.6 Å². The van der Waals surface area contributed by atoms with E-state index in [1.807, 2.05) is 50.6 Å². The minimum absolute atomic E-state index is 0.174. The fraction of sp³-hybridized carbons (Fsp3) is 0.407. The van der Waals surface area contributed by atoms with Crippen molar-refractivity contribution < 1.29 is 19.1 Å². The largest absolute Gasteiger partial charge is 0.497 e. The summed E-state index contributed by atoms with van der Waals surface area (Å²) in [5.41, 5.74) is 2.09. The number of amides is 2. The van der Waals surface area contributed by atoms with Crippen LogP contribution in [-0.4, -0.2) is 90.2 Å². The normalized spacial score (nSPS) is 16.4. The molecule has 0 radical (unpaired) electrons. The van der Waals surface area contributed by atoms with Crippen molar-refractivity contribution in [2.24, 2.45) is 0 Å². The highest BCUT2D eigenvalue weighted by molar-refractivity contribution is 5.98. The first-order valence-electron chi connectivity index (χ1n) is 12.4. The van der Waals surface area contributed by atoms with E-state index in [-0.39, 0.29) is 17.9 Å². The molecule has 0 spiro atoms. The van der Waals surface area contributed by atoms with Crippen molar-refractivity contribution in [3.8, 4) is 5.75 Å². The Labute approximate surface area is 217 Å². The lowest BCUT2D eigenvalue weighted by Gasteiger charge is -2.35. The molecule has 2 amide bonds. The highest BCUT2D eigenvalue weighted by Gasteiger charge is 2.32. The summed E-state index contributed by atoms with van der Waals surface area (Å²) >= 11 is 0. The number of morpholine rings is 1. The number of rotatable bonds is 10. The van der Waals surface area contributed by atoms with E-state index >= 15 is 0 Å². The molecule has 2 atom stereocenters. The average molecular weight is 507 g/mol. The van der Waals surface area contributed by atoms with Gasteiger partial charge in [-0.15, -0.1) is 5.10 Å². The van der Waals surface area contributed by atoms with Gasteiger partial charge in [-0.3, -0.25) is 9.59 Å². The monoisotopic (exact) mass is 506 g/mol. The molecule has 2 unspecified atom stereocenters. The Bertz CT molecular complexity index is 1170. The molecular formula is C27H34N6O4. The number of hydrogen-bond donors (Lipinski definition) is 1. The number of nitrogens with zero attached hydrogens (tertiary/aromatic N) is 5. The van der Waals surface area contributed by atoms with Crippen LogP contribution < -0.4 is 10.1 Å². The fourth-order valence-corrected chi connectivity index (χ4v) is 4.19. The van der Waals surface area contributed by atoms with Gasteiger partial charge in [0.2, 0.25) is 5.91 Å². The molecule has 10 heteroatoms. The second-order valence-corrected chi connectivity index (χ2v) is 9.31. The van der Waals surface area contributed by atoms with Crippen molar-refractivity contribution >= 4 is 11.8 Å². The molecular weight excluding hydrogens is 472 g/mol. The predicted molar refractivity (Wildman–Crippen MR) is 138 cm³/mol. The van der Waals surface area contributed by atoms with E-state index in [9.17, 15) is 9.59 Å². The van der Waals surface area contributed by atoms with Crippen LogP contribution in [0.4, 0.5) is 0 Å². The van der Waals surface area contributed by atoms with Crippen LogP contribution in [0.5, 0.6) is 5.75 Å². The summed E-state index contributed by atoms with van der Waals surface area (Å²) in [5, 5.41) is 11.4. The van der Waals surface area contributed by atoms with Gasteiger partial charge in [-0.25, -0.2) is 4.68 Å². The van der Waals surface area contributed by atoms with Crippen LogP contribution in [-0.2, 0) is 22.5 Å². The van der Waals surface area contributed by atoms with E-state index < -0.39 is 6.04 Å². The summed E-state index contributed by atoms with van der Waals surface area (Å²) in [4.78, 5) is 30.6. The third-order valence-electron chi connectivity index (χ3n) is 6.25. The highest BCUT2D eigenvalue weighted by atomic mass is 16.5. The zero-order valence-corrected chi connectivity index (χ0v) is 21.5. The molecule has 4 rings (SSSR count). The van der Waals surface area contributed by atoms with Crippen molar-refractivity contribution in [1.82, 2.24) is 30.1 Å². The molecule has 196 valence electrons. The van der Waals surface area contributed by atoms with Gasteiger partial charge >= 0.3 is 0 Å². The number of hydrogen-bond acceptors (Lipinski definition) is 7. The van der Waals surface area contributed by atoms with Crippen molar-refractivity contribution in [2.75, 3.05) is 47.4 Å². The first kappa shape index (κ1) is 26.3. The van der Waals surface area contributed by atoms with Crippen molar-refractivity contribution in [3.63, 3.8) is 0 Å². The van der Waals surface area contributed by atoms with E-state index in [1.165, 1.54) is 0 Å². The lowest BCUT2D eigenvalue weighted by atomic mass is 10.0. The smallest absolute Gasteiger partial charge is 0.252 e. The second-order valence-electron chi connectivity index (χ2n) is 9.31. The van der Waals surface area contributed by atoms with Crippen LogP contribution in [0.2, 0.25) is 0 Å². The Morgan fingerprint density at radius 1 is 1.16 bits per heavy atom. The SMILES string of the molecule is COc1ccc(C(=O)NC(C(=O)N2CCOC(Cn3cc(CCN(C)C)nn3)C2)c2ccccc2)cc1. The Morgan fingerprint density at radius 3 is 2.62 bits per heavy atom. The number of likely N-dealkylation sites (N-methyl/N-ethyl adjacent to an activating group) is 1. The maximum atomic E-state index is 13.7. The molecule has 0 aliphatic carbocycles. The fourth-order valence-electron chi connectivity index (χ4n) is 4.19. The average Bonchev–Trinajstić information content (AvgIpc) is 3.38. The Kier molecular flexibility index (Phi) is 8.86. The standard InChI is InChI=1S/C27H34N6O4/c1-31(2)14-13-22-17-33(30-29-22)19-24-18-32(15-16-37-24)27(35)25(20-7-5-4-6-8-20)28-26(34)21-9-11-23(36-3)12-10-21/h4-12,17,24-25H,13-16,18-19H2,1-3H3,(H,28,34). The summed E-state index contributed by atoms with van der Waals surface area (Å²) in [7, 11) is 5.61. The first-order valence-corrected chi connectivity index (χ1v) is 12.4. The van der Waals surface area contributed by atoms with Gasteiger partial charge in [-0.1, -0.05) is 35.5 Å². The second kappa shape index (κ2) is 12.5. The Hall–Kier alpha value is -3.76. The molecule has 10 nitrogen and oxygen atoms in total. The Balaban J connectivity index is 1.44. The summed E-state index contributed by atoms with van der Waals surface area (Å²) in [6, 6.07) is 15.3. The molecule has 1 aromatic heterocycles. The molecule has 3 aromatic rings. The summed E-state index contributed by atoms with van der Waals surface area (Å²) in [6.07, 6.45) is 2.51. The quantitative estimate of drug-likeness (QED) is 0.447. The van der Waals surface area contributed by atoms with Gasteiger partial charge in [0.15, 0.2) is 0 Å². The van der Waals surface area contributed by atoms with Gasteiger partial charge in [0.05, 0.1) is 32.1 Å². The predicted octanol–water partition coefficient (Wildman–Crippen LogP) is 1.79. The first-order chi connectivity index (χ1) is 17.9. The number of carbonyl (C=O) groups excluding carboxylic acids is 2. The third-order valence-corrected chi connectivity index (χ3v) is 6.25. The molecule has 2 aromatic carbocycles. The third kappa shape index (κ3) is 7.14. The molecule has 1 aliphatic heterocycles. The van der Waals surface area contributed by atoms with Crippen molar-refractivity contribution in [3.05, 3.63) is 77.6 Å². The number of carbonyl (C=O) groups is 2. The van der Waals surface area contributed by atoms with Crippen LogP contribution in [0.3, 0.4) is 0 Å². The minimum Gasteiger partial charge on any atom is -0.497 e. The maximum absolute atomic E-state index is 13.7. The lowest BCUT2D eigenvalue weighted by Crippen LogP contribution is -2.51. The van der Waals surface area contributed by atoms with Gasteiger partial charge in [0, 0.05) is 37.8 Å². The van der Waals surface area contributed by atoms with E-state index in [4.69, 9.17) is 9.47 Å². The van der Waals surface area contributed by atoms with Gasteiger partial charge in [-0.05, 0) is 43.9 Å². The molecule has 37 heavy (non-hydrogen) atoms. The van der Waals surface area contributed by atoms with Crippen LogP contribution in [0.25, 0.3) is 0 Å². The maximum Gasteiger partial charge on any atom is 0.252 e. The number of benzene rings is 2. The highest BCUT2D eigenvalue weighted by Crippen LogP contribution is 2.20. The molecule has 1 fully saturated rings. The van der Waals surface area contributed by atoms with Gasteiger partial charge in [0.25, 0.3) is 5.91 Å². The van der Waals surface area contributed by atoms with Crippen molar-refractivity contribution in [2.45, 2.75) is 25.1 Å². The topological polar surface area (TPSA) is 102 Å². The molecule has 1 N–H and O–H groups in total. The molecule has 1 aliphatic rings. The number of ether oxygens (including phenoxy) is 2. The molecule has 2 heterocycles. The van der Waals surface area contributed by atoms with Crippen LogP contribution in [0.1, 0.15) is 27.7 Å². The van der Waals surface area contributed by atoms with Crippen LogP contribution >= 0.6 is 0 Å². The van der Waals surface area contributed by atoms with E-state index in [2.05, 4.69) is 20.5 Å².